The summed E-state index contributed by atoms with van der Waals surface area (Å²) in [7, 11) is 1.53. The van der Waals surface area contributed by atoms with Crippen molar-refractivity contribution in [2.24, 2.45) is 0 Å². The van der Waals surface area contributed by atoms with Crippen LogP contribution in [0.15, 0.2) is 29.1 Å². The maximum atomic E-state index is 12.4. The van der Waals surface area contributed by atoms with Crippen LogP contribution < -0.4 is 10.3 Å². The molecule has 1 aromatic carbocycles. The van der Waals surface area contributed by atoms with Gasteiger partial charge in [-0.3, -0.25) is 14.4 Å². The molecule has 1 N–H and O–H groups in total. The third-order valence-electron chi connectivity index (χ3n) is 4.55. The summed E-state index contributed by atoms with van der Waals surface area (Å²) in [5, 5.41) is 9.11. The second kappa shape index (κ2) is 9.00. The van der Waals surface area contributed by atoms with Crippen LogP contribution >= 0.6 is 0 Å². The highest BCUT2D eigenvalue weighted by molar-refractivity contribution is 6.00. The van der Waals surface area contributed by atoms with Crippen molar-refractivity contribution in [3.05, 3.63) is 62.6 Å². The van der Waals surface area contributed by atoms with E-state index in [0.717, 1.165) is 5.56 Å². The molecule has 0 bridgehead atoms. The Labute approximate surface area is 162 Å². The Morgan fingerprint density at radius 2 is 1.86 bits per heavy atom. The number of aromatic nitrogens is 1. The predicted molar refractivity (Wildman–Crippen MR) is 102 cm³/mol. The number of ether oxygens (including phenoxy) is 2. The van der Waals surface area contributed by atoms with Crippen molar-refractivity contribution in [3.63, 3.8) is 0 Å². The number of H-pyrrole nitrogens is 1. The second-order valence-corrected chi connectivity index (χ2v) is 6.39. The van der Waals surface area contributed by atoms with Gasteiger partial charge in [-0.2, -0.15) is 5.26 Å². The number of Topliss-reactive ketones (excluding diaryl/α,β-unsaturated/α-hetero) is 1. The monoisotopic (exact) mass is 382 g/mol. The van der Waals surface area contributed by atoms with Crippen molar-refractivity contribution < 1.29 is 19.1 Å². The Morgan fingerprint density at radius 1 is 1.21 bits per heavy atom. The lowest BCUT2D eigenvalue weighted by Crippen LogP contribution is -2.25. The number of aryl methyl sites for hydroxylation is 1. The van der Waals surface area contributed by atoms with E-state index in [-0.39, 0.29) is 17.8 Å². The van der Waals surface area contributed by atoms with Gasteiger partial charge in [0.1, 0.15) is 17.4 Å². The van der Waals surface area contributed by atoms with Crippen molar-refractivity contribution in [2.75, 3.05) is 7.11 Å². The number of nitrogens with zero attached hydrogens (tertiary/aromatic N) is 1. The van der Waals surface area contributed by atoms with Crippen LogP contribution in [0, 0.1) is 25.2 Å². The number of rotatable bonds is 7. The second-order valence-electron chi connectivity index (χ2n) is 6.39. The molecule has 0 aliphatic rings. The van der Waals surface area contributed by atoms with Gasteiger partial charge in [0.2, 0.25) is 5.78 Å². The van der Waals surface area contributed by atoms with E-state index in [1.807, 2.05) is 6.07 Å². The smallest absolute Gasteiger partial charge is 0.306 e. The van der Waals surface area contributed by atoms with E-state index in [1.165, 1.54) is 14.0 Å². The SMILES string of the molecule is COc1ccc(C(=O)[C@@H](C)OC(=O)CCc2c(C)[nH]c(=O)c(C#N)c2C)cc1. The molecule has 1 heterocycles. The standard InChI is InChI=1S/C21H22N2O5/c1-12-17(13(2)23-21(26)18(12)11-22)9-10-19(24)28-14(3)20(25)15-5-7-16(27-4)8-6-15/h5-8,14H,9-10H2,1-4H3,(H,23,26)/t14-/m1/s1. The molecule has 1 aromatic heterocycles. The number of benzene rings is 1. The minimum atomic E-state index is -0.923. The van der Waals surface area contributed by atoms with Crippen LogP contribution in [0.1, 0.15) is 46.1 Å². The molecule has 0 radical (unpaired) electrons. The van der Waals surface area contributed by atoms with Crippen molar-refractivity contribution in [2.45, 2.75) is 39.7 Å². The number of methoxy groups -OCH3 is 1. The van der Waals surface area contributed by atoms with E-state index >= 15 is 0 Å². The first-order chi connectivity index (χ1) is 13.3. The summed E-state index contributed by atoms with van der Waals surface area (Å²) in [5.41, 5.74) is 1.91. The van der Waals surface area contributed by atoms with Crippen LogP contribution in [0.5, 0.6) is 5.75 Å². The normalized spacial score (nSPS) is 11.4. The summed E-state index contributed by atoms with van der Waals surface area (Å²) in [6.45, 7) is 4.91. The summed E-state index contributed by atoms with van der Waals surface area (Å²) in [5.74, 6) is -0.207. The van der Waals surface area contributed by atoms with E-state index in [4.69, 9.17) is 14.7 Å². The van der Waals surface area contributed by atoms with Gasteiger partial charge in [0.15, 0.2) is 6.10 Å². The van der Waals surface area contributed by atoms with Gasteiger partial charge in [0.25, 0.3) is 5.56 Å². The molecular formula is C21H22N2O5. The lowest BCUT2D eigenvalue weighted by molar-refractivity contribution is -0.146. The van der Waals surface area contributed by atoms with E-state index in [2.05, 4.69) is 4.98 Å². The van der Waals surface area contributed by atoms with Gasteiger partial charge >= 0.3 is 5.97 Å². The van der Waals surface area contributed by atoms with Crippen LogP contribution in [0.3, 0.4) is 0 Å². The Kier molecular flexibility index (Phi) is 6.72. The van der Waals surface area contributed by atoms with Crippen molar-refractivity contribution in [1.82, 2.24) is 4.98 Å². The Hall–Kier alpha value is -3.40. The molecule has 1 atom stereocenters. The first kappa shape index (κ1) is 20.9. The fraction of sp³-hybridized carbons (Fsp3) is 0.333. The van der Waals surface area contributed by atoms with E-state index in [1.54, 1.807) is 38.1 Å². The number of carbonyl (C=O) groups excluding carboxylic acids is 2. The number of carbonyl (C=O) groups is 2. The van der Waals surface area contributed by atoms with E-state index < -0.39 is 17.6 Å². The van der Waals surface area contributed by atoms with Crippen LogP contribution in [0.4, 0.5) is 0 Å². The predicted octanol–water partition coefficient (Wildman–Crippen LogP) is 2.62. The van der Waals surface area contributed by atoms with Crippen LogP contribution in [0.25, 0.3) is 0 Å². The van der Waals surface area contributed by atoms with Gasteiger partial charge in [-0.15, -0.1) is 0 Å². The fourth-order valence-corrected chi connectivity index (χ4v) is 2.95. The minimum absolute atomic E-state index is 0.0266. The highest BCUT2D eigenvalue weighted by atomic mass is 16.5. The van der Waals surface area contributed by atoms with Crippen LogP contribution in [-0.2, 0) is 16.0 Å². The van der Waals surface area contributed by atoms with Crippen molar-refractivity contribution in [3.8, 4) is 11.8 Å². The van der Waals surface area contributed by atoms with Crippen LogP contribution in [0.2, 0.25) is 0 Å². The summed E-state index contributed by atoms with van der Waals surface area (Å²) < 4.78 is 10.3. The molecular weight excluding hydrogens is 360 g/mol. The first-order valence-corrected chi connectivity index (χ1v) is 8.78. The lowest BCUT2D eigenvalue weighted by Gasteiger charge is -2.14. The first-order valence-electron chi connectivity index (χ1n) is 8.78. The van der Waals surface area contributed by atoms with Gasteiger partial charge in [-0.05, 0) is 62.6 Å². The number of aromatic amines is 1. The quantitative estimate of drug-likeness (QED) is 0.582. The zero-order chi connectivity index (χ0) is 20.8. The maximum Gasteiger partial charge on any atom is 0.306 e. The van der Waals surface area contributed by atoms with Crippen molar-refractivity contribution >= 4 is 11.8 Å². The average molecular weight is 382 g/mol. The zero-order valence-corrected chi connectivity index (χ0v) is 16.3. The molecule has 2 aromatic rings. The molecule has 7 nitrogen and oxygen atoms in total. The largest absolute Gasteiger partial charge is 0.497 e. The molecule has 0 unspecified atom stereocenters. The van der Waals surface area contributed by atoms with Gasteiger partial charge in [-0.1, -0.05) is 0 Å². The third kappa shape index (κ3) is 4.65. The number of ketones is 1. The molecule has 0 aliphatic heterocycles. The number of hydrogen-bond donors (Lipinski definition) is 1. The van der Waals surface area contributed by atoms with Crippen molar-refractivity contribution in [1.29, 1.82) is 5.26 Å². The van der Waals surface area contributed by atoms with E-state index in [9.17, 15) is 14.4 Å². The topological polar surface area (TPSA) is 109 Å². The Bertz CT molecular complexity index is 984. The average Bonchev–Trinajstić information content (AvgIpc) is 2.67. The molecule has 146 valence electrons. The van der Waals surface area contributed by atoms with E-state index in [0.29, 0.717) is 29.0 Å². The number of esters is 1. The van der Waals surface area contributed by atoms with Gasteiger partial charge < -0.3 is 14.5 Å². The molecule has 2 rings (SSSR count). The number of nitriles is 1. The lowest BCUT2D eigenvalue weighted by atomic mass is 9.99. The molecule has 0 saturated heterocycles. The Balaban J connectivity index is 2.01. The highest BCUT2D eigenvalue weighted by Crippen LogP contribution is 2.17. The summed E-state index contributed by atoms with van der Waals surface area (Å²) >= 11 is 0. The van der Waals surface area contributed by atoms with Gasteiger partial charge in [0, 0.05) is 17.7 Å². The van der Waals surface area contributed by atoms with Crippen LogP contribution in [-0.4, -0.2) is 30.0 Å². The summed E-state index contributed by atoms with van der Waals surface area (Å²) in [4.78, 5) is 38.9. The molecule has 0 saturated carbocycles. The zero-order valence-electron chi connectivity index (χ0n) is 16.3. The number of pyridine rings is 1. The van der Waals surface area contributed by atoms with Gasteiger partial charge in [0.05, 0.1) is 7.11 Å². The summed E-state index contributed by atoms with van der Waals surface area (Å²) in [6.07, 6.45) is -0.599. The Morgan fingerprint density at radius 3 is 2.43 bits per heavy atom. The maximum absolute atomic E-state index is 12.4. The molecule has 28 heavy (non-hydrogen) atoms. The fourth-order valence-electron chi connectivity index (χ4n) is 2.95. The molecule has 0 aliphatic carbocycles. The summed E-state index contributed by atoms with van der Waals surface area (Å²) in [6, 6.07) is 8.43. The molecule has 0 amide bonds. The highest BCUT2D eigenvalue weighted by Gasteiger charge is 2.20. The minimum Gasteiger partial charge on any atom is -0.497 e. The number of nitrogens with one attached hydrogen (secondary N) is 1. The molecule has 0 fully saturated rings. The molecule has 7 heteroatoms. The van der Waals surface area contributed by atoms with Gasteiger partial charge in [-0.25, -0.2) is 0 Å². The third-order valence-corrected chi connectivity index (χ3v) is 4.55. The number of hydrogen-bond acceptors (Lipinski definition) is 6. The molecule has 0 spiro atoms.